The maximum absolute atomic E-state index is 13.0. The third-order valence-electron chi connectivity index (χ3n) is 17.2. The summed E-state index contributed by atoms with van der Waals surface area (Å²) >= 11 is 3.03. The molecule has 4 aliphatic rings. The zero-order valence-electron chi connectivity index (χ0n) is 54.8. The van der Waals surface area contributed by atoms with E-state index in [4.69, 9.17) is 18.9 Å². The Hall–Kier alpha value is -3.14. The number of unbranched alkanes of at least 4 members (excludes halogenated alkanes) is 1. The van der Waals surface area contributed by atoms with Crippen molar-refractivity contribution in [1.29, 1.82) is 0 Å². The summed E-state index contributed by atoms with van der Waals surface area (Å²) in [5.74, 6) is -5.62. The molecule has 0 unspecified atom stereocenters. The Morgan fingerprint density at radius 1 is 0.596 bits per heavy atom. The number of ether oxygens (including phenoxy) is 4. The molecular weight excluding hydrogens is 1280 g/mol. The molecule has 5 amide bonds. The first-order valence-corrected chi connectivity index (χ1v) is 34.5. The molecule has 2 saturated carbocycles. The third-order valence-corrected chi connectivity index (χ3v) is 19.4. The Kier molecular flexibility index (Phi) is 39.9. The van der Waals surface area contributed by atoms with Crippen molar-refractivity contribution in [3.8, 4) is 0 Å². The Labute approximate surface area is 603 Å². The topological polar surface area (TPSA) is 408 Å². The van der Waals surface area contributed by atoms with Crippen molar-refractivity contribution < 1.29 is 158 Å². The first-order chi connectivity index (χ1) is 43.6. The van der Waals surface area contributed by atoms with Crippen LogP contribution in [-0.2, 0) is 47.7 Å². The van der Waals surface area contributed by atoms with Gasteiger partial charge < -0.3 is 96.3 Å². The second-order valence-electron chi connectivity index (χ2n) is 24.3. The normalized spacial score (nSPS) is 24.4. The van der Waals surface area contributed by atoms with Gasteiger partial charge in [-0.05, 0) is 122 Å². The number of carbonyl (C=O) groups is 7. The van der Waals surface area contributed by atoms with Gasteiger partial charge in [0, 0.05) is 89.1 Å². The van der Waals surface area contributed by atoms with Crippen LogP contribution in [0.3, 0.4) is 0 Å². The Bertz CT molecular complexity index is 2650. The maximum Gasteiger partial charge on any atom is 1.00 e. The van der Waals surface area contributed by atoms with Crippen LogP contribution in [-0.4, -0.2) is 212 Å². The summed E-state index contributed by atoms with van der Waals surface area (Å²) in [5, 5.41) is 92.4. The molecule has 12 N–H and O–H groups in total. The number of rotatable bonds is 38. The largest absolute Gasteiger partial charge is 1.00 e. The van der Waals surface area contributed by atoms with Gasteiger partial charge in [-0.15, -0.1) is 0 Å². The van der Waals surface area contributed by atoms with Crippen molar-refractivity contribution in [2.75, 3.05) is 55.9 Å². The summed E-state index contributed by atoms with van der Waals surface area (Å²) in [6, 6.07) is 11.9. The van der Waals surface area contributed by atoms with E-state index in [1.807, 2.05) is 24.3 Å². The number of aliphatic hydroxyl groups is 6. The predicted molar refractivity (Wildman–Crippen MR) is 339 cm³/mol. The van der Waals surface area contributed by atoms with Crippen molar-refractivity contribution in [1.82, 2.24) is 26.6 Å². The van der Waals surface area contributed by atoms with Gasteiger partial charge in [-0.3, -0.25) is 28.8 Å². The summed E-state index contributed by atoms with van der Waals surface area (Å²) in [5.41, 5.74) is 3.04. The molecule has 0 radical (unpaired) electrons. The molecule has 94 heavy (non-hydrogen) atoms. The number of hydrogen-bond acceptors (Lipinski definition) is 22. The van der Waals surface area contributed by atoms with Gasteiger partial charge in [0.1, 0.15) is 36.2 Å². The molecule has 0 spiro atoms. The molecule has 0 bridgehead atoms. The number of carbonyl (C=O) groups excluding carboxylic acids is 8. The number of hydrogen-bond donors (Lipinski definition) is 11. The first-order valence-electron chi connectivity index (χ1n) is 32.2. The van der Waals surface area contributed by atoms with E-state index < -0.39 is 128 Å². The fraction of sp³-hybridized carbons (Fsp3) is 0.692. The number of amides is 5. The minimum atomic E-state index is -2.55. The number of benzene rings is 2. The zero-order valence-corrected chi connectivity index (χ0v) is 60.4. The van der Waals surface area contributed by atoms with Crippen molar-refractivity contribution in [3.05, 3.63) is 70.8 Å². The maximum atomic E-state index is 13.0. The molecule has 516 valence electrons. The Balaban J connectivity index is 0.00000768. The molecule has 4 fully saturated rings. The second-order valence-corrected chi connectivity index (χ2v) is 26.8. The van der Waals surface area contributed by atoms with Gasteiger partial charge in [-0.25, -0.2) is 6.29 Å². The van der Waals surface area contributed by atoms with Gasteiger partial charge >= 0.3 is 59.1 Å². The van der Waals surface area contributed by atoms with Gasteiger partial charge in [-0.2, -0.15) is 23.5 Å². The summed E-state index contributed by atoms with van der Waals surface area (Å²) in [6.45, 7) is 1.68. The quantitative estimate of drug-likeness (QED) is 0.0174. The summed E-state index contributed by atoms with van der Waals surface area (Å²) in [6.07, 6.45) is 2.09. The van der Waals surface area contributed by atoms with Crippen LogP contribution >= 0.6 is 23.5 Å². The minimum Gasteiger partial charge on any atom is -0.870 e. The van der Waals surface area contributed by atoms with Gasteiger partial charge in [0.2, 0.25) is 23.5 Å². The minimum absolute atomic E-state index is 0. The monoisotopic (exact) mass is 1380 g/mol. The molecule has 2 heterocycles. The van der Waals surface area contributed by atoms with Crippen molar-refractivity contribution in [2.45, 2.75) is 227 Å². The standard InChI is InChI=1S/C65H96N5O19S2.2Na.H2O/c1-41(72)69-55-50(75)36-64(40-71,88-59(55)57(80)52(77)38-67-61(82)47-25-21-45(22-26-47)43-14-5-3-6-15-43)86-30-12-34-91-35-29-66-54(79)20-10-9-18-49(74)19-11-32-90-33-13-31-87-65(63(84)85)37-51(76)56(70-42(2)73)60(89-65)58(81)53(78)39-68-62(83)48-27-23-46(24-28-48)44-16-7-4-8-17-44;;;/h21-28,43-44,50-53,55-60,75-78,80-81H,3-20,29-39H2,1-2H3,(H,66,79)(H,67,82)(H,68,83)(H,69,72)(H,70,73)(H,84,85);;;1H2/q-1;2*+1;/p-2/t50-,51-,52+,53+,55+,56+,57+,58+,59+,60+,64+,65+;;;/m0.../s1. The van der Waals surface area contributed by atoms with Crippen LogP contribution in [0.5, 0.6) is 0 Å². The average Bonchev–Trinajstić information content (AvgIpc) is 0.781. The van der Waals surface area contributed by atoms with Crippen molar-refractivity contribution in [3.63, 3.8) is 0 Å². The summed E-state index contributed by atoms with van der Waals surface area (Å²) < 4.78 is 23.2. The van der Waals surface area contributed by atoms with E-state index in [9.17, 15) is 74.1 Å². The summed E-state index contributed by atoms with van der Waals surface area (Å²) in [7, 11) is 0. The number of carboxylic acid groups (broad SMARTS) is 1. The first kappa shape index (κ1) is 85.1. The Morgan fingerprint density at radius 3 is 1.51 bits per heavy atom. The molecule has 6 rings (SSSR count). The predicted octanol–water partition coefficient (Wildman–Crippen LogP) is -3.92. The molecule has 2 aliphatic heterocycles. The SMILES string of the molecule is CC(=O)N[C@H]1[C@H]([C@H](O)[C@H](O)CNC(=O)c2ccc(C3CCCCC3)cc2)O[C@]([C-]=O)(OCCCSCCNC(=O)CCCCC(=O)CCCSCCCO[C@]2(C(=O)[O-])C[C@H](O)[C@@H](NC(C)=O)[C@H]([C@H](O)[C@H](O)CNC(=O)c3ccc(C4CCCCC4)cc3)O2)C[C@@H]1O.[Na+].[Na+].[OH-]. The van der Waals surface area contributed by atoms with E-state index >= 15 is 0 Å². The molecule has 0 aromatic heterocycles. The van der Waals surface area contributed by atoms with Gasteiger partial charge in [-0.1, -0.05) is 62.8 Å². The average molecular weight is 1380 g/mol. The third kappa shape index (κ3) is 27.2. The number of aliphatic carboxylic acids is 1. The summed E-state index contributed by atoms with van der Waals surface area (Å²) in [4.78, 5) is 100. The molecule has 2 aromatic carbocycles. The zero-order chi connectivity index (χ0) is 65.9. The number of Topliss-reactive ketones (excluding diaryl/α,β-unsaturated/α-hetero) is 1. The van der Waals surface area contributed by atoms with Crippen LogP contribution in [0.4, 0.5) is 0 Å². The number of thioether (sulfide) groups is 2. The van der Waals surface area contributed by atoms with Gasteiger partial charge in [0.15, 0.2) is 0 Å². The van der Waals surface area contributed by atoms with E-state index in [-0.39, 0.29) is 95.9 Å². The van der Waals surface area contributed by atoms with E-state index in [0.29, 0.717) is 97.5 Å². The molecule has 2 saturated heterocycles. The van der Waals surface area contributed by atoms with E-state index in [2.05, 4.69) is 26.6 Å². The number of ketones is 1. The second kappa shape index (κ2) is 44.1. The number of carboxylic acids is 1. The number of nitrogens with one attached hydrogen (secondary N) is 5. The van der Waals surface area contributed by atoms with Crippen molar-refractivity contribution in [2.24, 2.45) is 0 Å². The van der Waals surface area contributed by atoms with E-state index in [1.165, 1.54) is 61.7 Å². The molecular formula is C65H96N5Na2O20S2-. The van der Waals surface area contributed by atoms with Crippen LogP contribution in [0.1, 0.15) is 186 Å². The van der Waals surface area contributed by atoms with Crippen LogP contribution < -0.4 is 90.8 Å². The van der Waals surface area contributed by atoms with Gasteiger partial charge in [0.05, 0.1) is 48.9 Å². The molecule has 12 atom stereocenters. The molecule has 25 nitrogen and oxygen atoms in total. The fourth-order valence-corrected chi connectivity index (χ4v) is 13.9. The van der Waals surface area contributed by atoms with Crippen LogP contribution in [0.2, 0.25) is 0 Å². The molecule has 2 aliphatic carbocycles. The fourth-order valence-electron chi connectivity index (χ4n) is 12.2. The Morgan fingerprint density at radius 2 is 1.03 bits per heavy atom. The number of aliphatic hydroxyl groups excluding tert-OH is 6. The van der Waals surface area contributed by atoms with Crippen LogP contribution in [0, 0.1) is 0 Å². The molecule has 2 aromatic rings. The van der Waals surface area contributed by atoms with E-state index in [1.54, 1.807) is 30.6 Å². The molecule has 29 heteroatoms. The van der Waals surface area contributed by atoms with E-state index in [0.717, 1.165) is 51.0 Å². The van der Waals surface area contributed by atoms with Crippen LogP contribution in [0.25, 0.3) is 0 Å². The van der Waals surface area contributed by atoms with Crippen molar-refractivity contribution >= 4 is 71.1 Å². The van der Waals surface area contributed by atoms with Crippen LogP contribution in [0.15, 0.2) is 48.5 Å². The van der Waals surface area contributed by atoms with Gasteiger partial charge in [0.25, 0.3) is 11.8 Å². The smallest absolute Gasteiger partial charge is 0.870 e.